The molecular weight excluding hydrogens is 278 g/mol. The molecule has 22 heavy (non-hydrogen) atoms. The molecule has 1 atom stereocenters. The van der Waals surface area contributed by atoms with E-state index < -0.39 is 0 Å². The predicted octanol–water partition coefficient (Wildman–Crippen LogP) is 3.06. The molecule has 0 spiro atoms. The maximum Gasteiger partial charge on any atom is 0.339 e. The Labute approximate surface area is 129 Å². The van der Waals surface area contributed by atoms with Gasteiger partial charge in [-0.15, -0.1) is 0 Å². The number of benzene rings is 1. The third kappa shape index (κ3) is 2.37. The van der Waals surface area contributed by atoms with Gasteiger partial charge >= 0.3 is 5.97 Å². The molecule has 1 aliphatic heterocycles. The topological polar surface area (TPSA) is 48.4 Å². The Balaban J connectivity index is 1.68. The minimum Gasteiger partial charge on any atom is -0.459 e. The van der Waals surface area contributed by atoms with Crippen molar-refractivity contribution in [3.8, 4) is 0 Å². The Morgan fingerprint density at radius 1 is 1.27 bits per heavy atom. The van der Waals surface area contributed by atoms with Gasteiger partial charge in [0.1, 0.15) is 6.61 Å². The van der Waals surface area contributed by atoms with E-state index in [1.807, 2.05) is 24.3 Å². The lowest BCUT2D eigenvalue weighted by Gasteiger charge is -2.14. The smallest absolute Gasteiger partial charge is 0.339 e. The SMILES string of the molecule is O=C(OCC1CCCO1)c1c2c(nc3ccccc13)CCC2. The third-order valence-electron chi connectivity index (χ3n) is 4.55. The van der Waals surface area contributed by atoms with Gasteiger partial charge in [-0.25, -0.2) is 4.79 Å². The summed E-state index contributed by atoms with van der Waals surface area (Å²) in [7, 11) is 0. The Kier molecular flexibility index (Phi) is 3.54. The number of aromatic nitrogens is 1. The normalized spacial score (nSPS) is 20.3. The Morgan fingerprint density at radius 3 is 3.05 bits per heavy atom. The van der Waals surface area contributed by atoms with Gasteiger partial charge in [-0.1, -0.05) is 18.2 Å². The summed E-state index contributed by atoms with van der Waals surface area (Å²) in [6, 6.07) is 7.83. The number of para-hydroxylation sites is 1. The van der Waals surface area contributed by atoms with Crippen LogP contribution in [0.1, 0.15) is 40.9 Å². The van der Waals surface area contributed by atoms with E-state index in [9.17, 15) is 4.79 Å². The first-order valence-corrected chi connectivity index (χ1v) is 8.02. The molecule has 2 aromatic rings. The molecule has 114 valence electrons. The van der Waals surface area contributed by atoms with Crippen molar-refractivity contribution in [2.75, 3.05) is 13.2 Å². The van der Waals surface area contributed by atoms with Crippen molar-refractivity contribution >= 4 is 16.9 Å². The highest BCUT2D eigenvalue weighted by Crippen LogP contribution is 2.30. The fraction of sp³-hybridized carbons (Fsp3) is 0.444. The summed E-state index contributed by atoms with van der Waals surface area (Å²) in [4.78, 5) is 17.4. The van der Waals surface area contributed by atoms with E-state index in [2.05, 4.69) is 0 Å². The second-order valence-corrected chi connectivity index (χ2v) is 6.02. The lowest BCUT2D eigenvalue weighted by molar-refractivity contribution is 0.0162. The molecule has 4 heteroatoms. The van der Waals surface area contributed by atoms with Crippen molar-refractivity contribution in [1.82, 2.24) is 4.98 Å². The van der Waals surface area contributed by atoms with Crippen LogP contribution in [0.25, 0.3) is 10.9 Å². The number of carbonyl (C=O) groups is 1. The van der Waals surface area contributed by atoms with E-state index >= 15 is 0 Å². The summed E-state index contributed by atoms with van der Waals surface area (Å²) in [6.45, 7) is 1.13. The molecule has 1 saturated heterocycles. The largest absolute Gasteiger partial charge is 0.459 e. The van der Waals surface area contributed by atoms with Crippen LogP contribution in [0, 0.1) is 0 Å². The molecule has 1 aliphatic carbocycles. The lowest BCUT2D eigenvalue weighted by Crippen LogP contribution is -2.19. The molecule has 1 fully saturated rings. The second kappa shape index (κ2) is 5.69. The predicted molar refractivity (Wildman–Crippen MR) is 83.0 cm³/mol. The van der Waals surface area contributed by atoms with Crippen LogP contribution in [0.2, 0.25) is 0 Å². The van der Waals surface area contributed by atoms with Gasteiger partial charge in [0.05, 0.1) is 17.2 Å². The molecule has 0 amide bonds. The van der Waals surface area contributed by atoms with Crippen LogP contribution in [-0.2, 0) is 22.3 Å². The zero-order valence-electron chi connectivity index (χ0n) is 12.5. The summed E-state index contributed by atoms with van der Waals surface area (Å²) >= 11 is 0. The van der Waals surface area contributed by atoms with Crippen molar-refractivity contribution in [1.29, 1.82) is 0 Å². The minimum atomic E-state index is -0.229. The highest BCUT2D eigenvalue weighted by Gasteiger charge is 2.26. The molecule has 4 nitrogen and oxygen atoms in total. The van der Waals surface area contributed by atoms with Crippen LogP contribution >= 0.6 is 0 Å². The van der Waals surface area contributed by atoms with Crippen LogP contribution in [0.4, 0.5) is 0 Å². The van der Waals surface area contributed by atoms with Crippen molar-refractivity contribution in [2.24, 2.45) is 0 Å². The van der Waals surface area contributed by atoms with Crippen LogP contribution in [0.5, 0.6) is 0 Å². The van der Waals surface area contributed by atoms with Crippen LogP contribution < -0.4 is 0 Å². The number of carbonyl (C=O) groups excluding carboxylic acids is 1. The van der Waals surface area contributed by atoms with Crippen LogP contribution in [-0.4, -0.2) is 30.3 Å². The van der Waals surface area contributed by atoms with Gasteiger partial charge in [-0.05, 0) is 43.7 Å². The van der Waals surface area contributed by atoms with Crippen molar-refractivity contribution in [2.45, 2.75) is 38.2 Å². The Hall–Kier alpha value is -1.94. The minimum absolute atomic E-state index is 0.0603. The van der Waals surface area contributed by atoms with Gasteiger partial charge in [-0.2, -0.15) is 0 Å². The highest BCUT2D eigenvalue weighted by atomic mass is 16.6. The third-order valence-corrected chi connectivity index (χ3v) is 4.55. The molecule has 1 unspecified atom stereocenters. The Bertz CT molecular complexity index is 720. The summed E-state index contributed by atoms with van der Waals surface area (Å²) in [5, 5.41) is 0.903. The van der Waals surface area contributed by atoms with Gasteiger partial charge in [0.2, 0.25) is 0 Å². The van der Waals surface area contributed by atoms with Crippen molar-refractivity contribution in [3.05, 3.63) is 41.1 Å². The first-order chi connectivity index (χ1) is 10.8. The number of nitrogens with zero attached hydrogens (tertiary/aromatic N) is 1. The maximum atomic E-state index is 12.7. The highest BCUT2D eigenvalue weighted by molar-refractivity contribution is 6.05. The molecule has 0 radical (unpaired) electrons. The first kappa shape index (κ1) is 13.7. The lowest BCUT2D eigenvalue weighted by atomic mass is 10.0. The molecule has 1 aromatic carbocycles. The van der Waals surface area contributed by atoms with E-state index in [-0.39, 0.29) is 12.1 Å². The number of aryl methyl sites for hydroxylation is 1. The molecule has 0 bridgehead atoms. The van der Waals surface area contributed by atoms with E-state index in [0.717, 1.165) is 66.4 Å². The molecule has 2 aliphatic rings. The Morgan fingerprint density at radius 2 is 2.18 bits per heavy atom. The van der Waals surface area contributed by atoms with Gasteiger partial charge in [0.15, 0.2) is 0 Å². The summed E-state index contributed by atoms with van der Waals surface area (Å²) < 4.78 is 11.1. The van der Waals surface area contributed by atoms with Gasteiger partial charge in [0, 0.05) is 17.7 Å². The van der Waals surface area contributed by atoms with Crippen LogP contribution in [0.3, 0.4) is 0 Å². The number of fused-ring (bicyclic) bond motifs is 2. The second-order valence-electron chi connectivity index (χ2n) is 6.02. The zero-order valence-corrected chi connectivity index (χ0v) is 12.5. The zero-order chi connectivity index (χ0) is 14.9. The molecule has 0 N–H and O–H groups in total. The van der Waals surface area contributed by atoms with Gasteiger partial charge < -0.3 is 9.47 Å². The summed E-state index contributed by atoms with van der Waals surface area (Å²) in [5.74, 6) is -0.229. The number of esters is 1. The quantitative estimate of drug-likeness (QED) is 0.817. The van der Waals surface area contributed by atoms with E-state index in [4.69, 9.17) is 14.5 Å². The van der Waals surface area contributed by atoms with E-state index in [1.165, 1.54) is 0 Å². The van der Waals surface area contributed by atoms with Gasteiger partial charge in [0.25, 0.3) is 0 Å². The average molecular weight is 297 g/mol. The number of hydrogen-bond donors (Lipinski definition) is 0. The van der Waals surface area contributed by atoms with E-state index in [1.54, 1.807) is 0 Å². The van der Waals surface area contributed by atoms with Crippen molar-refractivity contribution in [3.63, 3.8) is 0 Å². The molecule has 1 aromatic heterocycles. The molecular formula is C18H19NO3. The number of hydrogen-bond acceptors (Lipinski definition) is 4. The number of rotatable bonds is 3. The van der Waals surface area contributed by atoms with E-state index in [0.29, 0.717) is 6.61 Å². The first-order valence-electron chi connectivity index (χ1n) is 8.02. The summed E-state index contributed by atoms with van der Waals surface area (Å²) in [5.41, 5.74) is 3.74. The maximum absolute atomic E-state index is 12.7. The van der Waals surface area contributed by atoms with Gasteiger partial charge in [-0.3, -0.25) is 4.98 Å². The number of pyridine rings is 1. The fourth-order valence-electron chi connectivity index (χ4n) is 3.46. The average Bonchev–Trinajstić information content (AvgIpc) is 3.21. The molecule has 2 heterocycles. The molecule has 4 rings (SSSR count). The number of ether oxygens (including phenoxy) is 2. The fourth-order valence-corrected chi connectivity index (χ4v) is 3.46. The standard InChI is InChI=1S/C18H19NO3/c20-18(22-11-12-5-4-10-21-12)17-13-6-1-2-8-15(13)19-16-9-3-7-14(16)17/h1-2,6,8,12H,3-5,7,9-11H2. The summed E-state index contributed by atoms with van der Waals surface area (Å²) in [6.07, 6.45) is 5.01. The monoisotopic (exact) mass is 297 g/mol. The van der Waals surface area contributed by atoms with Crippen molar-refractivity contribution < 1.29 is 14.3 Å². The van der Waals surface area contributed by atoms with Crippen LogP contribution in [0.15, 0.2) is 24.3 Å². The molecule has 0 saturated carbocycles.